The van der Waals surface area contributed by atoms with Crippen molar-refractivity contribution >= 4 is 45.8 Å². The minimum Gasteiger partial charge on any atom is -0.321 e. The van der Waals surface area contributed by atoms with Gasteiger partial charge in [0.1, 0.15) is 0 Å². The molecule has 2 amide bonds. The lowest BCUT2D eigenvalue weighted by atomic mass is 10.1. The van der Waals surface area contributed by atoms with Gasteiger partial charge >= 0.3 is 0 Å². The van der Waals surface area contributed by atoms with Crippen LogP contribution in [-0.4, -0.2) is 21.4 Å². The highest BCUT2D eigenvalue weighted by Crippen LogP contribution is 2.23. The molecule has 7 heteroatoms. The summed E-state index contributed by atoms with van der Waals surface area (Å²) >= 11 is 1.35. The van der Waals surface area contributed by atoms with Crippen LogP contribution < -0.4 is 10.6 Å². The van der Waals surface area contributed by atoms with Gasteiger partial charge in [0.15, 0.2) is 0 Å². The van der Waals surface area contributed by atoms with Gasteiger partial charge in [0.2, 0.25) is 5.95 Å². The maximum atomic E-state index is 13.0. The molecule has 0 saturated carbocycles. The number of fused-ring (bicyclic) bond motifs is 1. The molecule has 2 N–H and O–H groups in total. The van der Waals surface area contributed by atoms with E-state index in [1.807, 2.05) is 40.3 Å². The summed E-state index contributed by atoms with van der Waals surface area (Å²) < 4.78 is 2.00. The SMILES string of the molecule is CCCn1c(NC(=O)c2ccccc2NC(=O)c2cccs2)nc2ccccc21. The van der Waals surface area contributed by atoms with Crippen molar-refractivity contribution in [1.82, 2.24) is 9.55 Å². The number of nitrogens with one attached hydrogen (secondary N) is 2. The number of hydrogen-bond acceptors (Lipinski definition) is 4. The lowest BCUT2D eigenvalue weighted by Gasteiger charge is -2.12. The highest BCUT2D eigenvalue weighted by molar-refractivity contribution is 7.12. The van der Waals surface area contributed by atoms with Gasteiger partial charge in [0, 0.05) is 6.54 Å². The van der Waals surface area contributed by atoms with Crippen LogP contribution in [0.25, 0.3) is 11.0 Å². The molecule has 146 valence electrons. The maximum absolute atomic E-state index is 13.0. The van der Waals surface area contributed by atoms with Gasteiger partial charge in [-0.25, -0.2) is 4.98 Å². The number of carbonyl (C=O) groups excluding carboxylic acids is 2. The Morgan fingerprint density at radius 3 is 2.55 bits per heavy atom. The monoisotopic (exact) mass is 404 g/mol. The Hall–Kier alpha value is -3.45. The molecule has 29 heavy (non-hydrogen) atoms. The number of anilines is 2. The summed E-state index contributed by atoms with van der Waals surface area (Å²) in [6.07, 6.45) is 0.913. The Balaban J connectivity index is 1.62. The van der Waals surface area contributed by atoms with Crippen LogP contribution in [0.4, 0.5) is 11.6 Å². The standard InChI is InChI=1S/C22H20N4O2S/c1-2-13-26-18-11-6-5-10-17(18)24-22(26)25-20(27)15-8-3-4-9-16(15)23-21(28)19-12-7-14-29-19/h3-12,14H,2,13H2,1H3,(H,23,28)(H,24,25,27). The summed E-state index contributed by atoms with van der Waals surface area (Å²) in [7, 11) is 0. The van der Waals surface area contributed by atoms with E-state index in [0.29, 0.717) is 22.1 Å². The second-order valence-corrected chi connectivity index (χ2v) is 7.45. The number of carbonyl (C=O) groups is 2. The van der Waals surface area contributed by atoms with Crippen LogP contribution in [0.3, 0.4) is 0 Å². The van der Waals surface area contributed by atoms with E-state index in [0.717, 1.165) is 24.0 Å². The van der Waals surface area contributed by atoms with Crippen LogP contribution in [0.2, 0.25) is 0 Å². The van der Waals surface area contributed by atoms with Gasteiger partial charge in [-0.1, -0.05) is 37.3 Å². The first kappa shape index (κ1) is 18.9. The summed E-state index contributed by atoms with van der Waals surface area (Å²) in [5.74, 6) is -0.0596. The second-order valence-electron chi connectivity index (χ2n) is 6.51. The van der Waals surface area contributed by atoms with Gasteiger partial charge in [0.05, 0.1) is 27.2 Å². The number of nitrogens with zero attached hydrogens (tertiary/aromatic N) is 2. The first-order valence-corrected chi connectivity index (χ1v) is 10.3. The van der Waals surface area contributed by atoms with E-state index in [1.54, 1.807) is 30.3 Å². The molecule has 0 bridgehead atoms. The third-order valence-electron chi connectivity index (χ3n) is 4.49. The van der Waals surface area contributed by atoms with Crippen LogP contribution in [0.15, 0.2) is 66.0 Å². The van der Waals surface area contributed by atoms with Crippen LogP contribution >= 0.6 is 11.3 Å². The smallest absolute Gasteiger partial charge is 0.265 e. The Morgan fingerprint density at radius 1 is 0.966 bits per heavy atom. The number of amides is 2. The summed E-state index contributed by atoms with van der Waals surface area (Å²) in [6.45, 7) is 2.82. The predicted molar refractivity (Wildman–Crippen MR) is 117 cm³/mol. The topological polar surface area (TPSA) is 76.0 Å². The van der Waals surface area contributed by atoms with Crippen molar-refractivity contribution in [3.8, 4) is 0 Å². The van der Waals surface area contributed by atoms with E-state index in [1.165, 1.54) is 11.3 Å². The van der Waals surface area contributed by atoms with Gasteiger partial charge in [-0.2, -0.15) is 0 Å². The Morgan fingerprint density at radius 2 is 1.76 bits per heavy atom. The molecule has 0 saturated heterocycles. The molecule has 4 aromatic rings. The number of benzene rings is 2. The fourth-order valence-corrected chi connectivity index (χ4v) is 3.79. The number of aryl methyl sites for hydroxylation is 1. The normalized spacial score (nSPS) is 10.8. The zero-order valence-electron chi connectivity index (χ0n) is 15.9. The minimum atomic E-state index is -0.320. The van der Waals surface area contributed by atoms with Crippen molar-refractivity contribution in [3.63, 3.8) is 0 Å². The zero-order valence-corrected chi connectivity index (χ0v) is 16.7. The maximum Gasteiger partial charge on any atom is 0.265 e. The molecule has 0 aliphatic heterocycles. The second kappa shape index (κ2) is 8.28. The molecular weight excluding hydrogens is 384 g/mol. The Kier molecular flexibility index (Phi) is 5.39. The fraction of sp³-hybridized carbons (Fsp3) is 0.136. The molecule has 0 spiro atoms. The van der Waals surface area contributed by atoms with Gasteiger partial charge in [0.25, 0.3) is 11.8 Å². The quantitative estimate of drug-likeness (QED) is 0.474. The number of imidazole rings is 1. The van der Waals surface area contributed by atoms with E-state index in [9.17, 15) is 9.59 Å². The third kappa shape index (κ3) is 3.90. The van der Waals surface area contributed by atoms with E-state index in [-0.39, 0.29) is 11.8 Å². The van der Waals surface area contributed by atoms with E-state index in [2.05, 4.69) is 22.5 Å². The molecule has 0 radical (unpaired) electrons. The van der Waals surface area contributed by atoms with Gasteiger partial charge in [-0.05, 0) is 42.1 Å². The van der Waals surface area contributed by atoms with Crippen LogP contribution in [0.1, 0.15) is 33.4 Å². The average Bonchev–Trinajstić information content (AvgIpc) is 3.38. The number of hydrogen-bond donors (Lipinski definition) is 2. The molecule has 6 nitrogen and oxygen atoms in total. The first-order chi connectivity index (χ1) is 14.2. The largest absolute Gasteiger partial charge is 0.321 e. The van der Waals surface area contributed by atoms with Crippen molar-refractivity contribution < 1.29 is 9.59 Å². The summed E-state index contributed by atoms with van der Waals surface area (Å²) in [6, 6.07) is 18.3. The lowest BCUT2D eigenvalue weighted by molar-refractivity contribution is 0.102. The van der Waals surface area contributed by atoms with Gasteiger partial charge in [-0.3, -0.25) is 14.9 Å². The third-order valence-corrected chi connectivity index (χ3v) is 5.36. The van der Waals surface area contributed by atoms with Gasteiger partial charge < -0.3 is 9.88 Å². The minimum absolute atomic E-state index is 0.238. The lowest BCUT2D eigenvalue weighted by Crippen LogP contribution is -2.19. The van der Waals surface area contributed by atoms with Gasteiger partial charge in [-0.15, -0.1) is 11.3 Å². The predicted octanol–water partition coefficient (Wildman–Crippen LogP) is 5.01. The highest BCUT2D eigenvalue weighted by atomic mass is 32.1. The van der Waals surface area contributed by atoms with Crippen LogP contribution in [0, 0.1) is 0 Å². The number of para-hydroxylation sites is 3. The van der Waals surface area contributed by atoms with Crippen LogP contribution in [0.5, 0.6) is 0 Å². The molecular formula is C22H20N4O2S. The number of rotatable bonds is 6. The summed E-state index contributed by atoms with van der Waals surface area (Å²) in [4.78, 5) is 30.6. The number of thiophene rings is 1. The molecule has 4 rings (SSSR count). The van der Waals surface area contributed by atoms with Crippen molar-refractivity contribution in [3.05, 3.63) is 76.5 Å². The first-order valence-electron chi connectivity index (χ1n) is 9.38. The van der Waals surface area contributed by atoms with Crippen molar-refractivity contribution in [2.45, 2.75) is 19.9 Å². The summed E-state index contributed by atoms with van der Waals surface area (Å²) in [5.41, 5.74) is 2.65. The molecule has 0 fully saturated rings. The summed E-state index contributed by atoms with van der Waals surface area (Å²) in [5, 5.41) is 7.58. The van der Waals surface area contributed by atoms with Crippen molar-refractivity contribution in [2.75, 3.05) is 10.6 Å². The van der Waals surface area contributed by atoms with Crippen molar-refractivity contribution in [2.24, 2.45) is 0 Å². The average molecular weight is 404 g/mol. The molecule has 2 aromatic carbocycles. The van der Waals surface area contributed by atoms with E-state index < -0.39 is 0 Å². The highest BCUT2D eigenvalue weighted by Gasteiger charge is 2.18. The van der Waals surface area contributed by atoms with Crippen LogP contribution in [-0.2, 0) is 6.54 Å². The molecule has 0 unspecified atom stereocenters. The molecule has 0 atom stereocenters. The van der Waals surface area contributed by atoms with E-state index >= 15 is 0 Å². The Bertz CT molecular complexity index is 1160. The molecule has 0 aliphatic rings. The Labute approximate surface area is 172 Å². The van der Waals surface area contributed by atoms with Crippen molar-refractivity contribution in [1.29, 1.82) is 0 Å². The fourth-order valence-electron chi connectivity index (χ4n) is 3.17. The molecule has 2 aromatic heterocycles. The number of aromatic nitrogens is 2. The molecule has 0 aliphatic carbocycles. The van der Waals surface area contributed by atoms with E-state index in [4.69, 9.17) is 0 Å². The zero-order chi connectivity index (χ0) is 20.2. The molecule has 2 heterocycles.